The summed E-state index contributed by atoms with van der Waals surface area (Å²) in [7, 11) is 0. The maximum absolute atomic E-state index is 12.3. The predicted molar refractivity (Wildman–Crippen MR) is 114 cm³/mol. The fourth-order valence-corrected chi connectivity index (χ4v) is 4.25. The second-order valence-electron chi connectivity index (χ2n) is 7.86. The Labute approximate surface area is 176 Å². The molecule has 2 aliphatic rings. The summed E-state index contributed by atoms with van der Waals surface area (Å²) in [4.78, 5) is 24.4. The summed E-state index contributed by atoms with van der Waals surface area (Å²) in [5.74, 6) is 1.57. The Morgan fingerprint density at radius 3 is 2.93 bits per heavy atom. The van der Waals surface area contributed by atoms with Crippen molar-refractivity contribution in [2.24, 2.45) is 0 Å². The number of para-hydroxylation sites is 1. The number of aromatic nitrogens is 2. The SMILES string of the molecule is CCOc1cccc(CN2CCCC(c3cc(=O)[nH]c(N4CCOCC4)n3)C2)c1O. The minimum atomic E-state index is -0.110. The summed E-state index contributed by atoms with van der Waals surface area (Å²) in [6, 6.07) is 7.26. The van der Waals surface area contributed by atoms with Crippen LogP contribution in [0.25, 0.3) is 0 Å². The van der Waals surface area contributed by atoms with E-state index in [0.29, 0.717) is 38.1 Å². The van der Waals surface area contributed by atoms with Crippen LogP contribution in [0.3, 0.4) is 0 Å². The van der Waals surface area contributed by atoms with Gasteiger partial charge in [0.1, 0.15) is 0 Å². The van der Waals surface area contributed by atoms with Crippen LogP contribution in [0, 0.1) is 0 Å². The number of aromatic amines is 1. The van der Waals surface area contributed by atoms with E-state index in [9.17, 15) is 9.90 Å². The number of hydrogen-bond donors (Lipinski definition) is 2. The normalized spacial score (nSPS) is 20.3. The van der Waals surface area contributed by atoms with Gasteiger partial charge in [0.25, 0.3) is 5.56 Å². The van der Waals surface area contributed by atoms with Crippen molar-refractivity contribution in [3.8, 4) is 11.5 Å². The molecule has 2 saturated heterocycles. The van der Waals surface area contributed by atoms with Gasteiger partial charge >= 0.3 is 0 Å². The summed E-state index contributed by atoms with van der Waals surface area (Å²) in [5, 5.41) is 10.5. The first-order valence-corrected chi connectivity index (χ1v) is 10.7. The first kappa shape index (κ1) is 20.7. The van der Waals surface area contributed by atoms with Gasteiger partial charge in [-0.25, -0.2) is 4.98 Å². The zero-order valence-corrected chi connectivity index (χ0v) is 17.5. The molecular weight excluding hydrogens is 384 g/mol. The van der Waals surface area contributed by atoms with E-state index in [1.165, 1.54) is 0 Å². The third-order valence-electron chi connectivity index (χ3n) is 5.76. The molecule has 8 heteroatoms. The number of ether oxygens (including phenoxy) is 2. The van der Waals surface area contributed by atoms with E-state index in [0.717, 1.165) is 50.3 Å². The van der Waals surface area contributed by atoms with Crippen molar-refractivity contribution in [2.75, 3.05) is 50.9 Å². The monoisotopic (exact) mass is 414 g/mol. The van der Waals surface area contributed by atoms with Crippen molar-refractivity contribution < 1.29 is 14.6 Å². The van der Waals surface area contributed by atoms with Gasteiger partial charge in [0, 0.05) is 43.7 Å². The van der Waals surface area contributed by atoms with Gasteiger partial charge in [0.2, 0.25) is 5.95 Å². The van der Waals surface area contributed by atoms with E-state index >= 15 is 0 Å². The number of phenolic OH excluding ortho intramolecular Hbond substituents is 1. The van der Waals surface area contributed by atoms with Crippen molar-refractivity contribution in [3.63, 3.8) is 0 Å². The zero-order valence-electron chi connectivity index (χ0n) is 17.5. The number of H-pyrrole nitrogens is 1. The molecule has 162 valence electrons. The van der Waals surface area contributed by atoms with Crippen LogP contribution in [0.15, 0.2) is 29.1 Å². The molecule has 0 aliphatic carbocycles. The molecule has 30 heavy (non-hydrogen) atoms. The topological polar surface area (TPSA) is 90.9 Å². The van der Waals surface area contributed by atoms with Crippen LogP contribution in [0.2, 0.25) is 0 Å². The molecular formula is C22H30N4O4. The largest absolute Gasteiger partial charge is 0.504 e. The highest BCUT2D eigenvalue weighted by Gasteiger charge is 2.25. The van der Waals surface area contributed by atoms with E-state index in [1.54, 1.807) is 12.1 Å². The van der Waals surface area contributed by atoms with E-state index < -0.39 is 0 Å². The van der Waals surface area contributed by atoms with Crippen LogP contribution in [-0.4, -0.2) is 66.0 Å². The highest BCUT2D eigenvalue weighted by Crippen LogP contribution is 2.33. The average molecular weight is 415 g/mol. The van der Waals surface area contributed by atoms with Gasteiger partial charge in [0.15, 0.2) is 11.5 Å². The fourth-order valence-electron chi connectivity index (χ4n) is 4.25. The van der Waals surface area contributed by atoms with Crippen LogP contribution < -0.4 is 15.2 Å². The summed E-state index contributed by atoms with van der Waals surface area (Å²) in [6.45, 7) is 7.58. The van der Waals surface area contributed by atoms with Crippen LogP contribution in [0.4, 0.5) is 5.95 Å². The third kappa shape index (κ3) is 4.76. The van der Waals surface area contributed by atoms with Gasteiger partial charge in [-0.15, -0.1) is 0 Å². The minimum absolute atomic E-state index is 0.110. The smallest absolute Gasteiger partial charge is 0.252 e. The van der Waals surface area contributed by atoms with Crippen molar-refractivity contribution in [2.45, 2.75) is 32.2 Å². The lowest BCUT2D eigenvalue weighted by Gasteiger charge is -2.33. The van der Waals surface area contributed by atoms with E-state index in [2.05, 4.69) is 14.8 Å². The molecule has 8 nitrogen and oxygen atoms in total. The number of benzene rings is 1. The van der Waals surface area contributed by atoms with Crippen LogP contribution >= 0.6 is 0 Å². The molecule has 2 aromatic rings. The number of likely N-dealkylation sites (tertiary alicyclic amines) is 1. The number of nitrogens with one attached hydrogen (secondary N) is 1. The summed E-state index contributed by atoms with van der Waals surface area (Å²) >= 11 is 0. The lowest BCUT2D eigenvalue weighted by Crippen LogP contribution is -2.39. The van der Waals surface area contributed by atoms with Crippen molar-refractivity contribution >= 4 is 5.95 Å². The lowest BCUT2D eigenvalue weighted by molar-refractivity contribution is 0.122. The molecule has 3 heterocycles. The number of hydrogen-bond acceptors (Lipinski definition) is 7. The Kier molecular flexibility index (Phi) is 6.54. The quantitative estimate of drug-likeness (QED) is 0.748. The molecule has 0 bridgehead atoms. The van der Waals surface area contributed by atoms with Crippen LogP contribution in [-0.2, 0) is 11.3 Å². The molecule has 2 N–H and O–H groups in total. The van der Waals surface area contributed by atoms with Gasteiger partial charge in [-0.05, 0) is 32.4 Å². The fraction of sp³-hybridized carbons (Fsp3) is 0.545. The van der Waals surface area contributed by atoms with E-state index in [1.807, 2.05) is 19.1 Å². The second-order valence-corrected chi connectivity index (χ2v) is 7.86. The number of morpholine rings is 1. The maximum Gasteiger partial charge on any atom is 0.252 e. The molecule has 0 radical (unpaired) electrons. The van der Waals surface area contributed by atoms with Gasteiger partial charge < -0.3 is 19.5 Å². The molecule has 1 unspecified atom stereocenters. The molecule has 2 fully saturated rings. The van der Waals surface area contributed by atoms with Crippen LogP contribution in [0.5, 0.6) is 11.5 Å². The van der Waals surface area contributed by atoms with Crippen molar-refractivity contribution in [3.05, 3.63) is 45.9 Å². The number of aromatic hydroxyl groups is 1. The minimum Gasteiger partial charge on any atom is -0.504 e. The Bertz CT molecular complexity index is 910. The van der Waals surface area contributed by atoms with E-state index in [-0.39, 0.29) is 17.2 Å². The number of nitrogens with zero attached hydrogens (tertiary/aromatic N) is 3. The first-order chi connectivity index (χ1) is 14.6. The molecule has 2 aliphatic heterocycles. The summed E-state index contributed by atoms with van der Waals surface area (Å²) in [6.07, 6.45) is 2.03. The molecule has 0 amide bonds. The van der Waals surface area contributed by atoms with E-state index in [4.69, 9.17) is 14.5 Å². The highest BCUT2D eigenvalue weighted by atomic mass is 16.5. The Hall–Kier alpha value is -2.58. The van der Waals surface area contributed by atoms with Gasteiger partial charge in [-0.2, -0.15) is 0 Å². The number of rotatable bonds is 6. The molecule has 1 aromatic carbocycles. The Balaban J connectivity index is 1.48. The third-order valence-corrected chi connectivity index (χ3v) is 5.76. The van der Waals surface area contributed by atoms with Gasteiger partial charge in [-0.1, -0.05) is 12.1 Å². The molecule has 0 spiro atoms. The summed E-state index contributed by atoms with van der Waals surface area (Å²) in [5.41, 5.74) is 1.59. The zero-order chi connectivity index (χ0) is 20.9. The maximum atomic E-state index is 12.3. The molecule has 1 aromatic heterocycles. The average Bonchev–Trinajstić information content (AvgIpc) is 2.77. The predicted octanol–water partition coefficient (Wildman–Crippen LogP) is 2.09. The number of piperidine rings is 1. The Morgan fingerprint density at radius 2 is 2.13 bits per heavy atom. The standard InChI is InChI=1S/C22H30N4O4/c1-2-30-19-7-3-5-17(21(19)28)15-25-8-4-6-16(14-25)18-13-20(27)24-22(23-18)26-9-11-29-12-10-26/h3,5,7,13,16,28H,2,4,6,8-12,14-15H2,1H3,(H,23,24,27). The van der Waals surface area contributed by atoms with Crippen molar-refractivity contribution in [1.82, 2.24) is 14.9 Å². The lowest BCUT2D eigenvalue weighted by atomic mass is 9.94. The van der Waals surface area contributed by atoms with Crippen molar-refractivity contribution in [1.29, 1.82) is 0 Å². The summed E-state index contributed by atoms with van der Waals surface area (Å²) < 4.78 is 10.9. The highest BCUT2D eigenvalue weighted by molar-refractivity contribution is 5.45. The molecule has 1 atom stereocenters. The molecule has 4 rings (SSSR count). The first-order valence-electron chi connectivity index (χ1n) is 10.7. The second kappa shape index (κ2) is 9.49. The molecule has 0 saturated carbocycles. The Morgan fingerprint density at radius 1 is 1.30 bits per heavy atom. The van der Waals surface area contributed by atoms with Crippen LogP contribution in [0.1, 0.15) is 36.9 Å². The number of anilines is 1. The number of phenols is 1. The van der Waals surface area contributed by atoms with Gasteiger partial charge in [0.05, 0.1) is 25.5 Å². The van der Waals surface area contributed by atoms with Gasteiger partial charge in [-0.3, -0.25) is 14.7 Å².